The number of anilines is 1. The van der Waals surface area contributed by atoms with Gasteiger partial charge < -0.3 is 15.0 Å². The van der Waals surface area contributed by atoms with E-state index in [0.717, 1.165) is 5.56 Å². The Hall–Kier alpha value is -2.39. The number of benzene rings is 1. The molecule has 2 heterocycles. The Balaban J connectivity index is 1.80. The van der Waals surface area contributed by atoms with Gasteiger partial charge in [0.05, 0.1) is 25.6 Å². The van der Waals surface area contributed by atoms with Crippen molar-refractivity contribution in [3.8, 4) is 6.07 Å². The van der Waals surface area contributed by atoms with Crippen LogP contribution in [0.15, 0.2) is 18.2 Å². The van der Waals surface area contributed by atoms with E-state index in [1.165, 1.54) is 0 Å². The van der Waals surface area contributed by atoms with Crippen LogP contribution in [-0.4, -0.2) is 42.5 Å². The molecular formula is C14H13N3O3. The smallest absolute Gasteiger partial charge is 0.254 e. The molecule has 6 heteroatoms. The summed E-state index contributed by atoms with van der Waals surface area (Å²) in [6.07, 6.45) is -0.209. The summed E-state index contributed by atoms with van der Waals surface area (Å²) in [5.74, 6) is -0.196. The maximum absolute atomic E-state index is 12.4. The Morgan fingerprint density at radius 3 is 3.15 bits per heavy atom. The monoisotopic (exact) mass is 271 g/mol. The number of carbonyl (C=O) groups is 2. The molecule has 2 amide bonds. The molecule has 6 nitrogen and oxygen atoms in total. The highest BCUT2D eigenvalue weighted by atomic mass is 16.5. The van der Waals surface area contributed by atoms with Crippen molar-refractivity contribution in [3.05, 3.63) is 29.3 Å². The van der Waals surface area contributed by atoms with Gasteiger partial charge in [-0.1, -0.05) is 6.07 Å². The van der Waals surface area contributed by atoms with E-state index in [1.807, 2.05) is 6.07 Å². The van der Waals surface area contributed by atoms with Crippen molar-refractivity contribution in [2.75, 3.05) is 25.0 Å². The Bertz CT molecular complexity index is 621. The van der Waals surface area contributed by atoms with Crippen molar-refractivity contribution in [1.29, 1.82) is 5.26 Å². The standard InChI is InChI=1S/C14H13N3O3/c15-7-11-8-17(3-4-20-11)14(19)10-2-1-9-6-13(18)16-12(9)5-10/h1-2,5,11H,3-4,6,8H2,(H,16,18). The fourth-order valence-corrected chi connectivity index (χ4v) is 2.44. The topological polar surface area (TPSA) is 82.4 Å². The molecule has 1 saturated heterocycles. The second kappa shape index (κ2) is 4.94. The predicted octanol–water partition coefficient (Wildman–Crippen LogP) is 0.546. The third-order valence-electron chi connectivity index (χ3n) is 3.48. The molecule has 0 aromatic heterocycles. The molecular weight excluding hydrogens is 258 g/mol. The summed E-state index contributed by atoms with van der Waals surface area (Å²) in [7, 11) is 0. The first-order valence-corrected chi connectivity index (χ1v) is 6.40. The van der Waals surface area contributed by atoms with E-state index in [2.05, 4.69) is 5.32 Å². The number of morpholine rings is 1. The maximum atomic E-state index is 12.4. The second-order valence-electron chi connectivity index (χ2n) is 4.84. The van der Waals surface area contributed by atoms with Crippen molar-refractivity contribution < 1.29 is 14.3 Å². The number of nitrogens with one attached hydrogen (secondary N) is 1. The summed E-state index contributed by atoms with van der Waals surface area (Å²) in [5, 5.41) is 11.6. The van der Waals surface area contributed by atoms with Gasteiger partial charge in [-0.05, 0) is 17.7 Å². The number of hydrogen-bond acceptors (Lipinski definition) is 4. The van der Waals surface area contributed by atoms with E-state index < -0.39 is 6.10 Å². The van der Waals surface area contributed by atoms with Crippen molar-refractivity contribution in [2.24, 2.45) is 0 Å². The summed E-state index contributed by atoms with van der Waals surface area (Å²) >= 11 is 0. The predicted molar refractivity (Wildman–Crippen MR) is 70.0 cm³/mol. The van der Waals surface area contributed by atoms with Crippen LogP contribution in [-0.2, 0) is 16.0 Å². The molecule has 0 spiro atoms. The zero-order chi connectivity index (χ0) is 14.1. The number of ether oxygens (including phenoxy) is 1. The number of carbonyl (C=O) groups excluding carboxylic acids is 2. The normalized spacial score (nSPS) is 21.1. The molecule has 1 aromatic carbocycles. The minimum atomic E-state index is -0.568. The van der Waals surface area contributed by atoms with Gasteiger partial charge in [0.15, 0.2) is 6.10 Å². The largest absolute Gasteiger partial charge is 0.360 e. The second-order valence-corrected chi connectivity index (χ2v) is 4.84. The number of amides is 2. The number of fused-ring (bicyclic) bond motifs is 1. The third kappa shape index (κ3) is 2.24. The molecule has 102 valence electrons. The Morgan fingerprint density at radius 1 is 1.50 bits per heavy atom. The lowest BCUT2D eigenvalue weighted by Gasteiger charge is -2.29. The lowest BCUT2D eigenvalue weighted by atomic mass is 10.1. The molecule has 2 aliphatic heterocycles. The highest BCUT2D eigenvalue weighted by Crippen LogP contribution is 2.25. The Morgan fingerprint density at radius 2 is 2.35 bits per heavy atom. The summed E-state index contributed by atoms with van der Waals surface area (Å²) in [6.45, 7) is 1.12. The minimum Gasteiger partial charge on any atom is -0.360 e. The highest BCUT2D eigenvalue weighted by Gasteiger charge is 2.26. The van der Waals surface area contributed by atoms with E-state index >= 15 is 0 Å². The zero-order valence-electron chi connectivity index (χ0n) is 10.8. The minimum absolute atomic E-state index is 0.0551. The number of nitrogens with zero attached hydrogens (tertiary/aromatic N) is 2. The summed E-state index contributed by atoms with van der Waals surface area (Å²) < 4.78 is 5.22. The first-order valence-electron chi connectivity index (χ1n) is 6.40. The van der Waals surface area contributed by atoms with Crippen molar-refractivity contribution in [2.45, 2.75) is 12.5 Å². The molecule has 0 bridgehead atoms. The van der Waals surface area contributed by atoms with E-state index in [0.29, 0.717) is 30.8 Å². The molecule has 0 aliphatic carbocycles. The quantitative estimate of drug-likeness (QED) is 0.808. The highest BCUT2D eigenvalue weighted by molar-refractivity contribution is 6.02. The van der Waals surface area contributed by atoms with Crippen molar-refractivity contribution in [1.82, 2.24) is 4.90 Å². The Labute approximate surface area is 115 Å². The number of rotatable bonds is 1. The first kappa shape index (κ1) is 12.6. The van der Waals surface area contributed by atoms with Crippen molar-refractivity contribution in [3.63, 3.8) is 0 Å². The molecule has 0 saturated carbocycles. The fraction of sp³-hybridized carbons (Fsp3) is 0.357. The van der Waals surface area contributed by atoms with Crippen LogP contribution in [0.5, 0.6) is 0 Å². The lowest BCUT2D eigenvalue weighted by Crippen LogP contribution is -2.45. The molecule has 3 rings (SSSR count). The average molecular weight is 271 g/mol. The van der Waals surface area contributed by atoms with Crippen LogP contribution >= 0.6 is 0 Å². The van der Waals surface area contributed by atoms with Gasteiger partial charge in [0.25, 0.3) is 5.91 Å². The van der Waals surface area contributed by atoms with E-state index in [1.54, 1.807) is 23.1 Å². The van der Waals surface area contributed by atoms with E-state index in [-0.39, 0.29) is 18.4 Å². The van der Waals surface area contributed by atoms with Gasteiger partial charge in [-0.2, -0.15) is 5.26 Å². The molecule has 0 radical (unpaired) electrons. The van der Waals surface area contributed by atoms with Gasteiger partial charge in [-0.25, -0.2) is 0 Å². The molecule has 1 fully saturated rings. The van der Waals surface area contributed by atoms with Crippen LogP contribution in [0.4, 0.5) is 5.69 Å². The van der Waals surface area contributed by atoms with Crippen molar-refractivity contribution >= 4 is 17.5 Å². The van der Waals surface area contributed by atoms with Crippen LogP contribution in [0, 0.1) is 11.3 Å². The third-order valence-corrected chi connectivity index (χ3v) is 3.48. The number of hydrogen-bond donors (Lipinski definition) is 1. The fourth-order valence-electron chi connectivity index (χ4n) is 2.44. The maximum Gasteiger partial charge on any atom is 0.254 e. The van der Waals surface area contributed by atoms with Crippen LogP contribution in [0.2, 0.25) is 0 Å². The van der Waals surface area contributed by atoms with Crippen LogP contribution in [0.25, 0.3) is 0 Å². The van der Waals surface area contributed by atoms with Gasteiger partial charge in [-0.3, -0.25) is 9.59 Å². The van der Waals surface area contributed by atoms with Gasteiger partial charge in [0, 0.05) is 17.8 Å². The van der Waals surface area contributed by atoms with Gasteiger partial charge >= 0.3 is 0 Å². The first-order chi connectivity index (χ1) is 9.67. The van der Waals surface area contributed by atoms with Crippen LogP contribution in [0.3, 0.4) is 0 Å². The van der Waals surface area contributed by atoms with Gasteiger partial charge in [0.1, 0.15) is 0 Å². The van der Waals surface area contributed by atoms with E-state index in [4.69, 9.17) is 10.00 Å². The SMILES string of the molecule is N#CC1CN(C(=O)c2ccc3c(c2)NC(=O)C3)CCO1. The van der Waals surface area contributed by atoms with Gasteiger partial charge in [-0.15, -0.1) is 0 Å². The lowest BCUT2D eigenvalue weighted by molar-refractivity contribution is -0.115. The molecule has 1 N–H and O–H groups in total. The Kier molecular flexibility index (Phi) is 3.12. The summed E-state index contributed by atoms with van der Waals surface area (Å²) in [5.41, 5.74) is 2.12. The summed E-state index contributed by atoms with van der Waals surface area (Å²) in [4.78, 5) is 25.3. The number of nitriles is 1. The average Bonchev–Trinajstić information content (AvgIpc) is 2.85. The van der Waals surface area contributed by atoms with Gasteiger partial charge in [0.2, 0.25) is 5.91 Å². The molecule has 1 aromatic rings. The zero-order valence-corrected chi connectivity index (χ0v) is 10.8. The molecule has 2 aliphatic rings. The van der Waals surface area contributed by atoms with Crippen LogP contribution < -0.4 is 5.32 Å². The van der Waals surface area contributed by atoms with E-state index in [9.17, 15) is 9.59 Å². The van der Waals surface area contributed by atoms with Crippen LogP contribution in [0.1, 0.15) is 15.9 Å². The molecule has 20 heavy (non-hydrogen) atoms. The molecule has 1 atom stereocenters. The summed E-state index contributed by atoms with van der Waals surface area (Å²) in [6, 6.07) is 7.22. The molecule has 1 unspecified atom stereocenters.